The first kappa shape index (κ1) is 19.3. The highest BCUT2D eigenvalue weighted by atomic mass is 35.5. The number of halogens is 1. The Labute approximate surface area is 166 Å². The van der Waals surface area contributed by atoms with Gasteiger partial charge in [0, 0.05) is 23.9 Å². The quantitative estimate of drug-likeness (QED) is 0.819. The Bertz CT molecular complexity index is 876. The second-order valence-electron chi connectivity index (χ2n) is 6.02. The van der Waals surface area contributed by atoms with Crippen molar-refractivity contribution in [2.75, 3.05) is 22.3 Å². The molecule has 1 aliphatic heterocycles. The Kier molecular flexibility index (Phi) is 6.03. The van der Waals surface area contributed by atoms with E-state index in [1.54, 1.807) is 47.4 Å². The topological polar surface area (TPSA) is 78.5 Å². The van der Waals surface area contributed by atoms with Gasteiger partial charge in [0.15, 0.2) is 0 Å². The summed E-state index contributed by atoms with van der Waals surface area (Å²) in [6, 6.07) is 13.2. The average Bonchev–Trinajstić information content (AvgIpc) is 3.13. The summed E-state index contributed by atoms with van der Waals surface area (Å²) in [6.45, 7) is 1.40. The minimum Gasteiger partial charge on any atom is -0.326 e. The second kappa shape index (κ2) is 8.45. The smallest absolute Gasteiger partial charge is 0.255 e. The number of nitrogens with zero attached hydrogens (tertiary/aromatic N) is 1. The van der Waals surface area contributed by atoms with E-state index in [9.17, 15) is 14.4 Å². The Morgan fingerprint density at radius 1 is 1.11 bits per heavy atom. The first-order valence-corrected chi connectivity index (χ1v) is 9.81. The van der Waals surface area contributed by atoms with Crippen molar-refractivity contribution in [1.82, 2.24) is 4.90 Å². The molecule has 27 heavy (non-hydrogen) atoms. The lowest BCUT2D eigenvalue weighted by atomic mass is 10.1. The zero-order valence-electron chi connectivity index (χ0n) is 14.6. The number of nitrogens with one attached hydrogen (secondary N) is 2. The monoisotopic (exact) mass is 403 g/mol. The third kappa shape index (κ3) is 4.61. The van der Waals surface area contributed by atoms with Gasteiger partial charge in [-0.3, -0.25) is 14.4 Å². The number of anilines is 2. The van der Waals surface area contributed by atoms with Crippen LogP contribution in [-0.2, 0) is 9.59 Å². The maximum Gasteiger partial charge on any atom is 0.255 e. The van der Waals surface area contributed by atoms with Gasteiger partial charge in [0.05, 0.1) is 16.6 Å². The molecule has 0 saturated carbocycles. The van der Waals surface area contributed by atoms with Gasteiger partial charge in [-0.25, -0.2) is 0 Å². The molecule has 140 valence electrons. The van der Waals surface area contributed by atoms with E-state index in [4.69, 9.17) is 11.6 Å². The molecule has 0 bridgehead atoms. The predicted molar refractivity (Wildman–Crippen MR) is 108 cm³/mol. The van der Waals surface area contributed by atoms with E-state index in [0.717, 1.165) is 0 Å². The third-order valence-electron chi connectivity index (χ3n) is 4.01. The molecule has 0 aromatic heterocycles. The molecule has 6 nitrogen and oxygen atoms in total. The SMILES string of the molecule is CC(=O)Nc1ccc(NC(=O)[C@@H]2CSCN2C(=O)c2ccccc2)c(Cl)c1. The van der Waals surface area contributed by atoms with Gasteiger partial charge < -0.3 is 15.5 Å². The van der Waals surface area contributed by atoms with E-state index < -0.39 is 6.04 Å². The molecule has 0 spiro atoms. The number of hydrogen-bond acceptors (Lipinski definition) is 4. The molecule has 3 rings (SSSR count). The molecule has 0 radical (unpaired) electrons. The van der Waals surface area contributed by atoms with Crippen LogP contribution in [0.5, 0.6) is 0 Å². The Morgan fingerprint density at radius 2 is 1.85 bits per heavy atom. The van der Waals surface area contributed by atoms with Gasteiger partial charge in [-0.1, -0.05) is 29.8 Å². The molecule has 0 aliphatic carbocycles. The van der Waals surface area contributed by atoms with Crippen molar-refractivity contribution in [3.63, 3.8) is 0 Å². The highest BCUT2D eigenvalue weighted by Gasteiger charge is 2.35. The molecule has 1 heterocycles. The summed E-state index contributed by atoms with van der Waals surface area (Å²) in [5.74, 6) is 0.305. The van der Waals surface area contributed by atoms with Crippen LogP contribution in [0.25, 0.3) is 0 Å². The van der Waals surface area contributed by atoms with Gasteiger partial charge in [-0.15, -0.1) is 11.8 Å². The fourth-order valence-corrected chi connectivity index (χ4v) is 4.10. The normalized spacial score (nSPS) is 16.1. The zero-order valence-corrected chi connectivity index (χ0v) is 16.1. The molecular formula is C19H18ClN3O3S. The fourth-order valence-electron chi connectivity index (χ4n) is 2.72. The molecule has 3 amide bonds. The van der Waals surface area contributed by atoms with E-state index in [2.05, 4.69) is 10.6 Å². The summed E-state index contributed by atoms with van der Waals surface area (Å²) in [5, 5.41) is 5.71. The molecule has 1 aliphatic rings. The Hall–Kier alpha value is -2.51. The van der Waals surface area contributed by atoms with Crippen LogP contribution in [0.1, 0.15) is 17.3 Å². The van der Waals surface area contributed by atoms with Crippen molar-refractivity contribution in [3.8, 4) is 0 Å². The van der Waals surface area contributed by atoms with Gasteiger partial charge in [0.1, 0.15) is 6.04 Å². The van der Waals surface area contributed by atoms with Gasteiger partial charge in [0.25, 0.3) is 5.91 Å². The maximum absolute atomic E-state index is 12.7. The van der Waals surface area contributed by atoms with Gasteiger partial charge in [-0.05, 0) is 30.3 Å². The van der Waals surface area contributed by atoms with Crippen molar-refractivity contribution >= 4 is 52.5 Å². The van der Waals surface area contributed by atoms with E-state index >= 15 is 0 Å². The highest BCUT2D eigenvalue weighted by molar-refractivity contribution is 7.99. The van der Waals surface area contributed by atoms with E-state index in [0.29, 0.717) is 33.6 Å². The molecule has 1 atom stereocenters. The van der Waals surface area contributed by atoms with Crippen LogP contribution in [0.3, 0.4) is 0 Å². The van der Waals surface area contributed by atoms with Crippen molar-refractivity contribution in [2.24, 2.45) is 0 Å². The van der Waals surface area contributed by atoms with Crippen LogP contribution in [0.4, 0.5) is 11.4 Å². The molecule has 0 unspecified atom stereocenters. The molecule has 2 N–H and O–H groups in total. The summed E-state index contributed by atoms with van der Waals surface area (Å²) in [6.07, 6.45) is 0. The summed E-state index contributed by atoms with van der Waals surface area (Å²) in [5.41, 5.74) is 1.53. The van der Waals surface area contributed by atoms with Crippen molar-refractivity contribution in [2.45, 2.75) is 13.0 Å². The number of thioether (sulfide) groups is 1. The number of hydrogen-bond donors (Lipinski definition) is 2. The van der Waals surface area contributed by atoms with Crippen LogP contribution < -0.4 is 10.6 Å². The Balaban J connectivity index is 1.72. The van der Waals surface area contributed by atoms with Crippen LogP contribution in [0.15, 0.2) is 48.5 Å². The van der Waals surface area contributed by atoms with Gasteiger partial charge in [-0.2, -0.15) is 0 Å². The molecule has 2 aromatic rings. The van der Waals surface area contributed by atoms with Crippen LogP contribution in [-0.4, -0.2) is 40.3 Å². The van der Waals surface area contributed by atoms with Crippen LogP contribution in [0.2, 0.25) is 5.02 Å². The number of rotatable bonds is 4. The lowest BCUT2D eigenvalue weighted by Gasteiger charge is -2.23. The number of amides is 3. The molecule has 1 saturated heterocycles. The van der Waals surface area contributed by atoms with Crippen LogP contribution in [0, 0.1) is 0 Å². The average molecular weight is 404 g/mol. The van der Waals surface area contributed by atoms with Gasteiger partial charge in [0.2, 0.25) is 11.8 Å². The van der Waals surface area contributed by atoms with Crippen molar-refractivity contribution in [3.05, 3.63) is 59.1 Å². The van der Waals surface area contributed by atoms with E-state index in [1.807, 2.05) is 6.07 Å². The summed E-state index contributed by atoms with van der Waals surface area (Å²) in [7, 11) is 0. The van der Waals surface area contributed by atoms with Crippen molar-refractivity contribution < 1.29 is 14.4 Å². The summed E-state index contributed by atoms with van der Waals surface area (Å²) < 4.78 is 0. The summed E-state index contributed by atoms with van der Waals surface area (Å²) >= 11 is 7.74. The standard InChI is InChI=1S/C19H18ClN3O3S/c1-12(24)21-14-7-8-16(15(20)9-14)22-18(25)17-10-27-11-23(17)19(26)13-5-3-2-4-6-13/h2-9,17H,10-11H2,1H3,(H,21,24)(H,22,25)/t17-/m0/s1. The zero-order chi connectivity index (χ0) is 19.4. The predicted octanol–water partition coefficient (Wildman–Crippen LogP) is 3.45. The highest BCUT2D eigenvalue weighted by Crippen LogP contribution is 2.28. The molecule has 2 aromatic carbocycles. The third-order valence-corrected chi connectivity index (χ3v) is 5.34. The molecule has 8 heteroatoms. The number of carbonyl (C=O) groups excluding carboxylic acids is 3. The van der Waals surface area contributed by atoms with Gasteiger partial charge >= 0.3 is 0 Å². The first-order valence-electron chi connectivity index (χ1n) is 8.27. The maximum atomic E-state index is 12.7. The molecular weight excluding hydrogens is 386 g/mol. The Morgan fingerprint density at radius 3 is 2.52 bits per heavy atom. The fraction of sp³-hybridized carbons (Fsp3) is 0.211. The van der Waals surface area contributed by atoms with E-state index in [-0.39, 0.29) is 17.7 Å². The number of carbonyl (C=O) groups is 3. The summed E-state index contributed by atoms with van der Waals surface area (Å²) in [4.78, 5) is 38.1. The largest absolute Gasteiger partial charge is 0.326 e. The minimum atomic E-state index is -0.575. The lowest BCUT2D eigenvalue weighted by molar-refractivity contribution is -0.119. The lowest BCUT2D eigenvalue weighted by Crippen LogP contribution is -2.44. The van der Waals surface area contributed by atoms with Crippen LogP contribution >= 0.6 is 23.4 Å². The van der Waals surface area contributed by atoms with Crippen molar-refractivity contribution in [1.29, 1.82) is 0 Å². The number of benzene rings is 2. The van der Waals surface area contributed by atoms with E-state index in [1.165, 1.54) is 18.7 Å². The minimum absolute atomic E-state index is 0.173. The molecule has 1 fully saturated rings. The second-order valence-corrected chi connectivity index (χ2v) is 7.43. The first-order chi connectivity index (χ1) is 13.0.